The third kappa shape index (κ3) is 2.57. The highest BCUT2D eigenvalue weighted by Crippen LogP contribution is 2.36. The lowest BCUT2D eigenvalue weighted by atomic mass is 9.78. The van der Waals surface area contributed by atoms with Gasteiger partial charge in [-0.3, -0.25) is 0 Å². The number of sulfone groups is 1. The molecule has 1 aromatic carbocycles. The second-order valence-corrected chi connectivity index (χ2v) is 8.17. The third-order valence-electron chi connectivity index (χ3n) is 3.99. The molecule has 0 aliphatic carbocycles. The van der Waals surface area contributed by atoms with Gasteiger partial charge in [0.1, 0.15) is 0 Å². The molecule has 1 aliphatic rings. The number of nitrogen functional groups attached to an aromatic ring is 1. The first-order valence-electron chi connectivity index (χ1n) is 6.39. The van der Waals surface area contributed by atoms with Crippen LogP contribution in [0.3, 0.4) is 0 Å². The zero-order valence-electron chi connectivity index (χ0n) is 12.4. The number of benzene rings is 1. The lowest BCUT2D eigenvalue weighted by Crippen LogP contribution is -2.41. The molecule has 0 spiro atoms. The van der Waals surface area contributed by atoms with Gasteiger partial charge in [0.25, 0.3) is 0 Å². The summed E-state index contributed by atoms with van der Waals surface area (Å²) in [5.74, 6) is 0. The normalized spacial score (nSPS) is 21.1. The predicted molar refractivity (Wildman–Crippen MR) is 79.7 cm³/mol. The van der Waals surface area contributed by atoms with Crippen molar-refractivity contribution in [2.45, 2.75) is 43.8 Å². The summed E-state index contributed by atoms with van der Waals surface area (Å²) in [5.41, 5.74) is 6.04. The molecule has 1 heterocycles. The van der Waals surface area contributed by atoms with E-state index in [4.69, 9.17) is 15.0 Å². The summed E-state index contributed by atoms with van der Waals surface area (Å²) in [6.07, 6.45) is 1.15. The van der Waals surface area contributed by atoms with Gasteiger partial charge in [-0.1, -0.05) is 6.07 Å². The van der Waals surface area contributed by atoms with Crippen molar-refractivity contribution in [3.8, 4) is 0 Å². The minimum Gasteiger partial charge on any atom is -0.399 e. The molecule has 20 heavy (non-hydrogen) atoms. The Bertz CT molecular complexity index is 624. The van der Waals surface area contributed by atoms with E-state index in [0.29, 0.717) is 11.2 Å². The van der Waals surface area contributed by atoms with E-state index in [2.05, 4.69) is 0 Å². The largest absolute Gasteiger partial charge is 0.496 e. The van der Waals surface area contributed by atoms with Crippen molar-refractivity contribution in [2.75, 3.05) is 12.0 Å². The van der Waals surface area contributed by atoms with Gasteiger partial charge in [-0.2, -0.15) is 0 Å². The Morgan fingerprint density at radius 3 is 2.00 bits per heavy atom. The molecule has 0 aromatic heterocycles. The zero-order valence-corrected chi connectivity index (χ0v) is 13.2. The molecule has 0 atom stereocenters. The van der Waals surface area contributed by atoms with Crippen LogP contribution in [0.15, 0.2) is 23.1 Å². The minimum absolute atomic E-state index is 0.190. The third-order valence-corrected chi connectivity index (χ3v) is 5.10. The van der Waals surface area contributed by atoms with Crippen LogP contribution in [0.25, 0.3) is 0 Å². The Morgan fingerprint density at radius 1 is 1.10 bits per heavy atom. The quantitative estimate of drug-likeness (QED) is 0.650. The van der Waals surface area contributed by atoms with Crippen molar-refractivity contribution in [1.82, 2.24) is 0 Å². The summed E-state index contributed by atoms with van der Waals surface area (Å²) in [5, 5.41) is 0. The molecule has 0 unspecified atom stereocenters. The maximum absolute atomic E-state index is 11.5. The second kappa shape index (κ2) is 4.48. The first kappa shape index (κ1) is 15.3. The molecule has 7 heteroatoms. The van der Waals surface area contributed by atoms with Gasteiger partial charge in [0, 0.05) is 17.4 Å². The van der Waals surface area contributed by atoms with Crippen molar-refractivity contribution in [3.05, 3.63) is 18.2 Å². The standard InChI is InChI=1S/C13H20BNO4S/c1-12(2)13(3,4)19-14(18-12)10-7-6-9(8-11(10)15)20(5,16)17/h6-8H,15H2,1-5H3. The van der Waals surface area contributed by atoms with Crippen LogP contribution in [-0.2, 0) is 19.1 Å². The average Bonchev–Trinajstić information content (AvgIpc) is 2.46. The van der Waals surface area contributed by atoms with Gasteiger partial charge in [-0.15, -0.1) is 0 Å². The van der Waals surface area contributed by atoms with Crippen LogP contribution in [-0.4, -0.2) is 33.0 Å². The number of nitrogens with two attached hydrogens (primary N) is 1. The summed E-state index contributed by atoms with van der Waals surface area (Å²) in [6, 6.07) is 4.61. The van der Waals surface area contributed by atoms with Crippen LogP contribution in [0.5, 0.6) is 0 Å². The number of rotatable bonds is 2. The van der Waals surface area contributed by atoms with Crippen LogP contribution in [0.2, 0.25) is 0 Å². The van der Waals surface area contributed by atoms with E-state index in [1.807, 2.05) is 27.7 Å². The maximum Gasteiger partial charge on any atom is 0.496 e. The fraction of sp³-hybridized carbons (Fsp3) is 0.538. The molecule has 0 radical (unpaired) electrons. The van der Waals surface area contributed by atoms with Gasteiger partial charge in [0.05, 0.1) is 16.1 Å². The molecule has 1 fully saturated rings. The molecule has 0 amide bonds. The monoisotopic (exact) mass is 297 g/mol. The van der Waals surface area contributed by atoms with Gasteiger partial charge < -0.3 is 15.0 Å². The fourth-order valence-electron chi connectivity index (χ4n) is 1.97. The van der Waals surface area contributed by atoms with Gasteiger partial charge in [0.15, 0.2) is 9.84 Å². The van der Waals surface area contributed by atoms with Gasteiger partial charge in [-0.25, -0.2) is 8.42 Å². The van der Waals surface area contributed by atoms with Gasteiger partial charge >= 0.3 is 7.12 Å². The van der Waals surface area contributed by atoms with E-state index in [9.17, 15) is 8.42 Å². The van der Waals surface area contributed by atoms with Crippen LogP contribution >= 0.6 is 0 Å². The SMILES string of the molecule is CC1(C)OB(c2ccc(S(C)(=O)=O)cc2N)OC1(C)C. The first-order valence-corrected chi connectivity index (χ1v) is 8.28. The Morgan fingerprint density at radius 2 is 1.60 bits per heavy atom. The second-order valence-electron chi connectivity index (χ2n) is 6.15. The van der Waals surface area contributed by atoms with E-state index in [-0.39, 0.29) is 4.90 Å². The van der Waals surface area contributed by atoms with E-state index in [0.717, 1.165) is 6.26 Å². The van der Waals surface area contributed by atoms with Crippen LogP contribution in [0.4, 0.5) is 5.69 Å². The Hall–Kier alpha value is -1.05. The smallest absolute Gasteiger partial charge is 0.399 e. The lowest BCUT2D eigenvalue weighted by molar-refractivity contribution is 0.00578. The lowest BCUT2D eigenvalue weighted by Gasteiger charge is -2.32. The molecule has 5 nitrogen and oxygen atoms in total. The topological polar surface area (TPSA) is 78.6 Å². The van der Waals surface area contributed by atoms with E-state index in [1.54, 1.807) is 6.07 Å². The zero-order chi connectivity index (χ0) is 15.3. The molecule has 0 bridgehead atoms. The molecular weight excluding hydrogens is 277 g/mol. The van der Waals surface area contributed by atoms with Gasteiger partial charge in [-0.05, 0) is 39.8 Å². The van der Waals surface area contributed by atoms with E-state index < -0.39 is 28.2 Å². The highest BCUT2D eigenvalue weighted by Gasteiger charge is 2.52. The summed E-state index contributed by atoms with van der Waals surface area (Å²) in [4.78, 5) is 0.190. The molecule has 1 saturated heterocycles. The highest BCUT2D eigenvalue weighted by atomic mass is 32.2. The van der Waals surface area contributed by atoms with Crippen molar-refractivity contribution >= 4 is 28.1 Å². The Balaban J connectivity index is 2.37. The Kier molecular flexibility index (Phi) is 3.44. The van der Waals surface area contributed by atoms with E-state index in [1.165, 1.54) is 12.1 Å². The van der Waals surface area contributed by atoms with Gasteiger partial charge in [0.2, 0.25) is 0 Å². The summed E-state index contributed by atoms with van der Waals surface area (Å²) < 4.78 is 34.8. The van der Waals surface area contributed by atoms with Crippen LogP contribution in [0, 0.1) is 0 Å². The highest BCUT2D eigenvalue weighted by molar-refractivity contribution is 7.90. The van der Waals surface area contributed by atoms with Crippen LogP contribution in [0.1, 0.15) is 27.7 Å². The molecule has 1 aliphatic heterocycles. The minimum atomic E-state index is -3.27. The maximum atomic E-state index is 11.5. The molecule has 2 rings (SSSR count). The number of anilines is 1. The molecule has 2 N–H and O–H groups in total. The van der Waals surface area contributed by atoms with Crippen molar-refractivity contribution in [2.24, 2.45) is 0 Å². The number of hydrogen-bond donors (Lipinski definition) is 1. The predicted octanol–water partition coefficient (Wildman–Crippen LogP) is 0.971. The molecular formula is C13H20BNO4S. The molecule has 110 valence electrons. The summed E-state index contributed by atoms with van der Waals surface area (Å²) in [6.45, 7) is 7.81. The van der Waals surface area contributed by atoms with Crippen molar-refractivity contribution < 1.29 is 17.7 Å². The van der Waals surface area contributed by atoms with E-state index >= 15 is 0 Å². The van der Waals surface area contributed by atoms with Crippen LogP contribution < -0.4 is 11.2 Å². The molecule has 1 aromatic rings. The Labute approximate surface area is 120 Å². The first-order chi connectivity index (χ1) is 8.94. The summed E-state index contributed by atoms with van der Waals surface area (Å²) in [7, 11) is -3.86. The number of hydrogen-bond acceptors (Lipinski definition) is 5. The fourth-order valence-corrected chi connectivity index (χ4v) is 2.62. The van der Waals surface area contributed by atoms with Crippen molar-refractivity contribution in [3.63, 3.8) is 0 Å². The average molecular weight is 297 g/mol. The summed E-state index contributed by atoms with van der Waals surface area (Å²) >= 11 is 0. The van der Waals surface area contributed by atoms with Crippen molar-refractivity contribution in [1.29, 1.82) is 0 Å². The molecule has 0 saturated carbocycles.